The molecule has 108 valence electrons. The number of thioether (sulfide) groups is 1. The van der Waals surface area contributed by atoms with Gasteiger partial charge in [-0.2, -0.15) is 11.8 Å². The van der Waals surface area contributed by atoms with E-state index in [4.69, 9.17) is 0 Å². The minimum absolute atomic E-state index is 0.0579. The van der Waals surface area contributed by atoms with Crippen molar-refractivity contribution in [3.63, 3.8) is 0 Å². The molecule has 1 aromatic rings. The van der Waals surface area contributed by atoms with Crippen molar-refractivity contribution in [2.45, 2.75) is 37.0 Å². The zero-order valence-electron chi connectivity index (χ0n) is 11.7. The van der Waals surface area contributed by atoms with Gasteiger partial charge in [0.05, 0.1) is 11.5 Å². The molecule has 6 heteroatoms. The molecule has 0 spiro atoms. The Kier molecular flexibility index (Phi) is 5.85. The third-order valence-electron chi connectivity index (χ3n) is 3.01. The predicted molar refractivity (Wildman–Crippen MR) is 80.1 cm³/mol. The van der Waals surface area contributed by atoms with Gasteiger partial charge in [0.25, 0.3) is 0 Å². The molecule has 2 unspecified atom stereocenters. The van der Waals surface area contributed by atoms with Crippen LogP contribution >= 0.6 is 11.8 Å². The van der Waals surface area contributed by atoms with E-state index in [1.54, 1.807) is 26.0 Å². The topological polar surface area (TPSA) is 66.4 Å². The summed E-state index contributed by atoms with van der Waals surface area (Å²) in [6.07, 6.45) is 1.85. The molecule has 0 bridgehead atoms. The summed E-state index contributed by atoms with van der Waals surface area (Å²) in [6, 6.07) is 5.02. The second-order valence-corrected chi connectivity index (χ2v) is 7.39. The molecular formula is C13H21NO3S2. The lowest BCUT2D eigenvalue weighted by Gasteiger charge is -2.21. The first-order valence-electron chi connectivity index (χ1n) is 6.05. The van der Waals surface area contributed by atoms with Crippen LogP contribution in [0.1, 0.15) is 18.1 Å². The molecule has 0 aliphatic carbocycles. The van der Waals surface area contributed by atoms with Gasteiger partial charge in [-0.25, -0.2) is 13.1 Å². The van der Waals surface area contributed by atoms with Crippen LogP contribution in [-0.2, 0) is 10.0 Å². The Bertz CT molecular complexity index is 525. The van der Waals surface area contributed by atoms with Crippen LogP contribution < -0.4 is 4.72 Å². The molecule has 2 atom stereocenters. The number of nitrogens with one attached hydrogen (secondary N) is 1. The van der Waals surface area contributed by atoms with Gasteiger partial charge in [-0.15, -0.1) is 0 Å². The maximum absolute atomic E-state index is 12.3. The largest absolute Gasteiger partial charge is 0.395 e. The summed E-state index contributed by atoms with van der Waals surface area (Å²) in [5.41, 5.74) is 1.62. The fourth-order valence-corrected chi connectivity index (χ4v) is 4.14. The van der Waals surface area contributed by atoms with Crippen molar-refractivity contribution < 1.29 is 13.5 Å². The highest BCUT2D eigenvalue weighted by molar-refractivity contribution is 7.99. The molecule has 0 aromatic heterocycles. The molecule has 1 rings (SSSR count). The molecule has 0 aliphatic rings. The fourth-order valence-electron chi connectivity index (χ4n) is 1.82. The third-order valence-corrected chi connectivity index (χ3v) is 5.88. The fraction of sp³-hybridized carbons (Fsp3) is 0.538. The Morgan fingerprint density at radius 2 is 2.00 bits per heavy atom. The number of benzene rings is 1. The molecule has 0 heterocycles. The summed E-state index contributed by atoms with van der Waals surface area (Å²) < 4.78 is 27.3. The second kappa shape index (κ2) is 6.74. The number of aryl methyl sites for hydroxylation is 2. The van der Waals surface area contributed by atoms with Crippen molar-refractivity contribution in [2.24, 2.45) is 0 Å². The maximum Gasteiger partial charge on any atom is 0.241 e. The van der Waals surface area contributed by atoms with Gasteiger partial charge in [0, 0.05) is 11.3 Å². The van der Waals surface area contributed by atoms with Gasteiger partial charge in [-0.3, -0.25) is 0 Å². The Morgan fingerprint density at radius 3 is 2.53 bits per heavy atom. The maximum atomic E-state index is 12.3. The van der Waals surface area contributed by atoms with Gasteiger partial charge in [-0.1, -0.05) is 12.1 Å². The highest BCUT2D eigenvalue weighted by Gasteiger charge is 2.24. The van der Waals surface area contributed by atoms with Crippen molar-refractivity contribution in [3.05, 3.63) is 29.3 Å². The van der Waals surface area contributed by atoms with Crippen LogP contribution in [-0.4, -0.2) is 37.7 Å². The molecule has 1 aromatic carbocycles. The first-order chi connectivity index (χ1) is 8.81. The average Bonchev–Trinajstić information content (AvgIpc) is 2.33. The molecule has 2 N–H and O–H groups in total. The second-order valence-electron chi connectivity index (χ2n) is 4.64. The normalized spacial score (nSPS) is 15.2. The smallest absolute Gasteiger partial charge is 0.241 e. The minimum Gasteiger partial charge on any atom is -0.395 e. The van der Waals surface area contributed by atoms with E-state index in [0.717, 1.165) is 11.1 Å². The van der Waals surface area contributed by atoms with Crippen LogP contribution in [0.15, 0.2) is 23.1 Å². The van der Waals surface area contributed by atoms with E-state index in [1.807, 2.05) is 19.2 Å². The van der Waals surface area contributed by atoms with Crippen molar-refractivity contribution in [1.82, 2.24) is 4.72 Å². The number of sulfonamides is 1. The van der Waals surface area contributed by atoms with Crippen molar-refractivity contribution in [3.8, 4) is 0 Å². The number of aliphatic hydroxyl groups is 1. The summed E-state index contributed by atoms with van der Waals surface area (Å²) in [7, 11) is -3.55. The third kappa shape index (κ3) is 4.21. The van der Waals surface area contributed by atoms with Crippen LogP contribution in [0.5, 0.6) is 0 Å². The van der Waals surface area contributed by atoms with Crippen molar-refractivity contribution in [2.75, 3.05) is 12.9 Å². The van der Waals surface area contributed by atoms with Gasteiger partial charge < -0.3 is 5.11 Å². The zero-order valence-corrected chi connectivity index (χ0v) is 13.3. The van der Waals surface area contributed by atoms with E-state index in [-0.39, 0.29) is 17.9 Å². The van der Waals surface area contributed by atoms with E-state index in [1.165, 1.54) is 11.8 Å². The Morgan fingerprint density at radius 1 is 1.37 bits per heavy atom. The Labute approximate surface area is 119 Å². The van der Waals surface area contributed by atoms with E-state index in [0.29, 0.717) is 4.90 Å². The van der Waals surface area contributed by atoms with Crippen LogP contribution in [0, 0.1) is 13.8 Å². The van der Waals surface area contributed by atoms with Crippen LogP contribution in [0.4, 0.5) is 0 Å². The Hall–Kier alpha value is -0.560. The number of hydrogen-bond donors (Lipinski definition) is 2. The lowest BCUT2D eigenvalue weighted by molar-refractivity contribution is 0.282. The molecule has 0 saturated heterocycles. The average molecular weight is 303 g/mol. The highest BCUT2D eigenvalue weighted by Crippen LogP contribution is 2.19. The highest BCUT2D eigenvalue weighted by atomic mass is 32.2. The van der Waals surface area contributed by atoms with Crippen molar-refractivity contribution in [1.29, 1.82) is 0 Å². The summed E-state index contributed by atoms with van der Waals surface area (Å²) in [4.78, 5) is 0.303. The monoisotopic (exact) mass is 303 g/mol. The SMILES string of the molecule is CSC(CO)C(C)NS(=O)(=O)c1cc(C)ccc1C. The molecule has 0 radical (unpaired) electrons. The number of rotatable bonds is 6. The molecule has 19 heavy (non-hydrogen) atoms. The summed E-state index contributed by atoms with van der Waals surface area (Å²) >= 11 is 1.44. The predicted octanol–water partition coefficient (Wildman–Crippen LogP) is 1.69. The number of aliphatic hydroxyl groups excluding tert-OH is 1. The van der Waals surface area contributed by atoms with Gasteiger partial charge in [0.1, 0.15) is 0 Å². The molecular weight excluding hydrogens is 282 g/mol. The molecule has 0 amide bonds. The lowest BCUT2D eigenvalue weighted by Crippen LogP contribution is -2.41. The van der Waals surface area contributed by atoms with Gasteiger partial charge in [0.15, 0.2) is 0 Å². The molecule has 0 fully saturated rings. The standard InChI is InChI=1S/C13H21NO3S2/c1-9-5-6-10(2)13(7-9)19(16,17)14-11(3)12(8-15)18-4/h5-7,11-12,14-15H,8H2,1-4H3. The van der Waals surface area contributed by atoms with Gasteiger partial charge in [0.2, 0.25) is 10.0 Å². The summed E-state index contributed by atoms with van der Waals surface area (Å²) in [5, 5.41) is 9.05. The van der Waals surface area contributed by atoms with Crippen molar-refractivity contribution >= 4 is 21.8 Å². The summed E-state index contributed by atoms with van der Waals surface area (Å²) in [5.74, 6) is 0. The van der Waals surface area contributed by atoms with E-state index in [9.17, 15) is 13.5 Å². The molecule has 0 aliphatic heterocycles. The van der Waals surface area contributed by atoms with E-state index < -0.39 is 10.0 Å². The summed E-state index contributed by atoms with van der Waals surface area (Å²) in [6.45, 7) is 5.34. The van der Waals surface area contributed by atoms with Crippen LogP contribution in [0.25, 0.3) is 0 Å². The van der Waals surface area contributed by atoms with E-state index in [2.05, 4.69) is 4.72 Å². The molecule has 0 saturated carbocycles. The quantitative estimate of drug-likeness (QED) is 0.839. The van der Waals surface area contributed by atoms with Gasteiger partial charge in [-0.05, 0) is 44.2 Å². The van der Waals surface area contributed by atoms with E-state index >= 15 is 0 Å². The minimum atomic E-state index is -3.55. The van der Waals surface area contributed by atoms with Gasteiger partial charge >= 0.3 is 0 Å². The van der Waals surface area contributed by atoms with Crippen LogP contribution in [0.2, 0.25) is 0 Å². The van der Waals surface area contributed by atoms with Crippen LogP contribution in [0.3, 0.4) is 0 Å². The number of hydrogen-bond acceptors (Lipinski definition) is 4. The molecule has 4 nitrogen and oxygen atoms in total. The first kappa shape index (κ1) is 16.5. The lowest BCUT2D eigenvalue weighted by atomic mass is 10.2. The zero-order chi connectivity index (χ0) is 14.6. The first-order valence-corrected chi connectivity index (χ1v) is 8.82. The Balaban J connectivity index is 3.01.